The van der Waals surface area contributed by atoms with Gasteiger partial charge in [-0.25, -0.2) is 4.39 Å². The minimum Gasteiger partial charge on any atom is -0.481 e. The molecule has 104 valence electrons. The number of halogens is 1. The molecule has 1 aliphatic rings. The van der Waals surface area contributed by atoms with E-state index in [1.165, 1.54) is 12.1 Å². The Morgan fingerprint density at radius 1 is 1.53 bits per heavy atom. The van der Waals surface area contributed by atoms with Crippen LogP contribution in [0.1, 0.15) is 13.8 Å². The van der Waals surface area contributed by atoms with E-state index in [4.69, 9.17) is 0 Å². The van der Waals surface area contributed by atoms with Crippen molar-refractivity contribution in [2.24, 2.45) is 5.92 Å². The van der Waals surface area contributed by atoms with Crippen LogP contribution in [-0.2, 0) is 4.79 Å². The van der Waals surface area contributed by atoms with Gasteiger partial charge in [-0.15, -0.1) is 0 Å². The maximum atomic E-state index is 13.4. The van der Waals surface area contributed by atoms with Crippen molar-refractivity contribution in [3.05, 3.63) is 30.1 Å². The van der Waals surface area contributed by atoms with Gasteiger partial charge in [0.2, 0.25) is 0 Å². The van der Waals surface area contributed by atoms with Crippen LogP contribution in [0.15, 0.2) is 24.3 Å². The third-order valence-corrected chi connectivity index (χ3v) is 3.55. The quantitative estimate of drug-likeness (QED) is 0.855. The van der Waals surface area contributed by atoms with Gasteiger partial charge in [0, 0.05) is 30.9 Å². The van der Waals surface area contributed by atoms with E-state index in [2.05, 4.69) is 5.32 Å². The summed E-state index contributed by atoms with van der Waals surface area (Å²) in [5.41, 5.74) is 0.456. The molecule has 19 heavy (non-hydrogen) atoms. The average molecular weight is 266 g/mol. The van der Waals surface area contributed by atoms with Gasteiger partial charge in [-0.3, -0.25) is 4.79 Å². The Bertz CT molecular complexity index is 476. The van der Waals surface area contributed by atoms with E-state index < -0.39 is 11.9 Å². The lowest BCUT2D eigenvalue weighted by Crippen LogP contribution is -2.49. The maximum absolute atomic E-state index is 13.4. The molecule has 0 spiro atoms. The molecule has 0 amide bonds. The molecule has 1 aromatic carbocycles. The van der Waals surface area contributed by atoms with E-state index in [0.717, 1.165) is 5.69 Å². The molecule has 1 aliphatic heterocycles. The largest absolute Gasteiger partial charge is 0.481 e. The van der Waals surface area contributed by atoms with E-state index >= 15 is 0 Å². The third-order valence-electron chi connectivity index (χ3n) is 3.55. The minimum atomic E-state index is -0.827. The number of carbonyl (C=O) groups is 1. The zero-order valence-electron chi connectivity index (χ0n) is 11.2. The van der Waals surface area contributed by atoms with Crippen molar-refractivity contribution >= 4 is 11.7 Å². The maximum Gasteiger partial charge on any atom is 0.309 e. The monoisotopic (exact) mass is 266 g/mol. The molecule has 0 bridgehead atoms. The molecule has 5 heteroatoms. The average Bonchev–Trinajstić information content (AvgIpc) is 2.47. The van der Waals surface area contributed by atoms with E-state index in [-0.39, 0.29) is 11.4 Å². The smallest absolute Gasteiger partial charge is 0.309 e. The summed E-state index contributed by atoms with van der Waals surface area (Å²) in [4.78, 5) is 13.2. The number of carboxylic acids is 1. The lowest BCUT2D eigenvalue weighted by atomic mass is 10.0. The second-order valence-electron chi connectivity index (χ2n) is 5.57. The van der Waals surface area contributed by atoms with Crippen molar-refractivity contribution in [2.75, 3.05) is 24.5 Å². The normalized spacial score (nSPS) is 22.9. The minimum absolute atomic E-state index is 0.266. The van der Waals surface area contributed by atoms with Crippen molar-refractivity contribution < 1.29 is 14.3 Å². The summed E-state index contributed by atoms with van der Waals surface area (Å²) < 4.78 is 13.4. The molecule has 1 unspecified atom stereocenters. The fourth-order valence-electron chi connectivity index (χ4n) is 2.44. The van der Waals surface area contributed by atoms with Crippen molar-refractivity contribution in [1.29, 1.82) is 0 Å². The molecule has 0 aliphatic carbocycles. The van der Waals surface area contributed by atoms with Crippen LogP contribution in [-0.4, -0.2) is 36.2 Å². The Kier molecular flexibility index (Phi) is 3.75. The topological polar surface area (TPSA) is 52.6 Å². The molecule has 1 atom stereocenters. The SMILES string of the molecule is CC1(C)CNCC(C(=O)O)CN1c1cccc(F)c1. The molecule has 0 radical (unpaired) electrons. The number of aliphatic carboxylic acids is 1. The number of benzene rings is 1. The highest BCUT2D eigenvalue weighted by molar-refractivity contribution is 5.71. The molecule has 1 heterocycles. The van der Waals surface area contributed by atoms with Gasteiger partial charge in [-0.1, -0.05) is 6.07 Å². The van der Waals surface area contributed by atoms with Gasteiger partial charge in [0.25, 0.3) is 0 Å². The number of carboxylic acid groups (broad SMARTS) is 1. The summed E-state index contributed by atoms with van der Waals surface area (Å²) in [6, 6.07) is 6.30. The molecule has 1 fully saturated rings. The van der Waals surface area contributed by atoms with Crippen LogP contribution in [0.25, 0.3) is 0 Å². The second-order valence-corrected chi connectivity index (χ2v) is 5.57. The number of anilines is 1. The Balaban J connectivity index is 2.34. The van der Waals surface area contributed by atoms with Crippen LogP contribution in [0.5, 0.6) is 0 Å². The highest BCUT2D eigenvalue weighted by Crippen LogP contribution is 2.27. The number of hydrogen-bond acceptors (Lipinski definition) is 3. The van der Waals surface area contributed by atoms with Crippen molar-refractivity contribution in [3.8, 4) is 0 Å². The van der Waals surface area contributed by atoms with Gasteiger partial charge in [-0.2, -0.15) is 0 Å². The van der Waals surface area contributed by atoms with Crippen LogP contribution >= 0.6 is 0 Å². The summed E-state index contributed by atoms with van der Waals surface area (Å²) in [5, 5.41) is 12.4. The predicted octanol–water partition coefficient (Wildman–Crippen LogP) is 1.71. The first-order valence-corrected chi connectivity index (χ1v) is 6.37. The van der Waals surface area contributed by atoms with Gasteiger partial charge in [0.05, 0.1) is 5.92 Å². The van der Waals surface area contributed by atoms with Gasteiger partial charge >= 0.3 is 5.97 Å². The lowest BCUT2D eigenvalue weighted by molar-refractivity contribution is -0.141. The summed E-state index contributed by atoms with van der Waals surface area (Å²) in [6.07, 6.45) is 0. The lowest BCUT2D eigenvalue weighted by Gasteiger charge is -2.39. The molecule has 0 aromatic heterocycles. The molecule has 1 saturated heterocycles. The van der Waals surface area contributed by atoms with Crippen molar-refractivity contribution in [1.82, 2.24) is 5.32 Å². The Labute approximate surface area is 112 Å². The summed E-state index contributed by atoms with van der Waals surface area (Å²) in [6.45, 7) is 5.51. The van der Waals surface area contributed by atoms with Gasteiger partial charge < -0.3 is 15.3 Å². The van der Waals surface area contributed by atoms with E-state index in [9.17, 15) is 14.3 Å². The molecule has 1 aromatic rings. The van der Waals surface area contributed by atoms with Crippen molar-refractivity contribution in [3.63, 3.8) is 0 Å². The number of nitrogens with one attached hydrogen (secondary N) is 1. The molecule has 0 saturated carbocycles. The van der Waals surface area contributed by atoms with E-state index in [1.54, 1.807) is 6.07 Å². The van der Waals surface area contributed by atoms with Gasteiger partial charge in [-0.05, 0) is 32.0 Å². The molecule has 2 N–H and O–H groups in total. The fourth-order valence-corrected chi connectivity index (χ4v) is 2.44. The first kappa shape index (κ1) is 13.8. The first-order chi connectivity index (χ1) is 8.90. The molecule has 4 nitrogen and oxygen atoms in total. The summed E-state index contributed by atoms with van der Waals surface area (Å²) >= 11 is 0. The molecule has 2 rings (SSSR count). The first-order valence-electron chi connectivity index (χ1n) is 6.37. The van der Waals surface area contributed by atoms with Crippen LogP contribution in [0.2, 0.25) is 0 Å². The predicted molar refractivity (Wildman–Crippen MR) is 71.8 cm³/mol. The van der Waals surface area contributed by atoms with Crippen molar-refractivity contribution in [2.45, 2.75) is 19.4 Å². The van der Waals surface area contributed by atoms with Crippen LogP contribution in [0, 0.1) is 11.7 Å². The Morgan fingerprint density at radius 3 is 2.89 bits per heavy atom. The van der Waals surface area contributed by atoms with E-state index in [0.29, 0.717) is 19.6 Å². The molecular formula is C14H19FN2O2. The van der Waals surface area contributed by atoms with Crippen LogP contribution in [0.3, 0.4) is 0 Å². The number of nitrogens with zero attached hydrogens (tertiary/aromatic N) is 1. The highest BCUT2D eigenvalue weighted by Gasteiger charge is 2.34. The standard InChI is InChI=1S/C14H19FN2O2/c1-14(2)9-16-7-10(13(18)19)8-17(14)12-5-3-4-11(15)6-12/h3-6,10,16H,7-9H2,1-2H3,(H,18,19). The zero-order chi connectivity index (χ0) is 14.0. The second kappa shape index (κ2) is 5.17. The fraction of sp³-hybridized carbons (Fsp3) is 0.500. The Hall–Kier alpha value is -1.62. The number of rotatable bonds is 2. The summed E-state index contributed by atoms with van der Waals surface area (Å²) in [5.74, 6) is -1.63. The Morgan fingerprint density at radius 2 is 2.26 bits per heavy atom. The number of hydrogen-bond donors (Lipinski definition) is 2. The van der Waals surface area contributed by atoms with Gasteiger partial charge in [0.15, 0.2) is 0 Å². The zero-order valence-corrected chi connectivity index (χ0v) is 11.2. The third kappa shape index (κ3) is 3.04. The van der Waals surface area contributed by atoms with Gasteiger partial charge in [0.1, 0.15) is 5.82 Å². The molecular weight excluding hydrogens is 247 g/mol. The van der Waals surface area contributed by atoms with E-state index in [1.807, 2.05) is 24.8 Å². The summed E-state index contributed by atoms with van der Waals surface area (Å²) in [7, 11) is 0. The highest BCUT2D eigenvalue weighted by atomic mass is 19.1. The van der Waals surface area contributed by atoms with Crippen LogP contribution < -0.4 is 10.2 Å². The van der Waals surface area contributed by atoms with Crippen LogP contribution in [0.4, 0.5) is 10.1 Å².